The van der Waals surface area contributed by atoms with Crippen molar-refractivity contribution >= 4 is 0 Å². The largest absolute Gasteiger partial charge is 0.435 e. The molecule has 0 bridgehead atoms. The topological polar surface area (TPSA) is 59.8 Å². The average molecular weight is 470 g/mol. The number of aryl methyl sites for hydroxylation is 1. The van der Waals surface area contributed by atoms with Gasteiger partial charge in [-0.15, -0.1) is 6.42 Å². The number of halogens is 2. The van der Waals surface area contributed by atoms with Gasteiger partial charge in [0.1, 0.15) is 12.4 Å². The third-order valence-corrected chi connectivity index (χ3v) is 5.27. The van der Waals surface area contributed by atoms with E-state index in [-0.39, 0.29) is 25.0 Å². The number of ether oxygens (including phenoxy) is 2. The van der Waals surface area contributed by atoms with Gasteiger partial charge in [-0.3, -0.25) is 4.90 Å². The minimum Gasteiger partial charge on any atom is -0.435 e. The Morgan fingerprint density at radius 2 is 1.91 bits per heavy atom. The third-order valence-electron chi connectivity index (χ3n) is 5.27. The third kappa shape index (κ3) is 6.41. The Morgan fingerprint density at radius 3 is 2.56 bits per heavy atom. The number of nitrogens with zero attached hydrogens (tertiary/aromatic N) is 3. The summed E-state index contributed by atoms with van der Waals surface area (Å²) >= 11 is 0. The molecule has 0 aliphatic rings. The first-order chi connectivity index (χ1) is 16.3. The van der Waals surface area contributed by atoms with Crippen LogP contribution in [-0.4, -0.2) is 51.7 Å². The number of hydrogen-bond acceptors (Lipinski definition) is 5. The van der Waals surface area contributed by atoms with Gasteiger partial charge in [-0.2, -0.15) is 5.10 Å². The molecule has 0 aliphatic heterocycles. The van der Waals surface area contributed by atoms with Crippen LogP contribution in [0.1, 0.15) is 25.1 Å². The van der Waals surface area contributed by atoms with E-state index in [1.54, 1.807) is 4.68 Å². The van der Waals surface area contributed by atoms with Crippen LogP contribution < -0.4 is 4.74 Å². The van der Waals surface area contributed by atoms with Crippen LogP contribution in [0.4, 0.5) is 8.78 Å². The number of hydrogen-bond donors (Lipinski definition) is 1. The quantitative estimate of drug-likeness (QED) is 0.332. The van der Waals surface area contributed by atoms with Crippen LogP contribution >= 0.6 is 0 Å². The van der Waals surface area contributed by atoms with Gasteiger partial charge in [0.15, 0.2) is 11.6 Å². The first-order valence-electron chi connectivity index (χ1n) is 11.0. The molecular weight excluding hydrogens is 440 g/mol. The summed E-state index contributed by atoms with van der Waals surface area (Å²) < 4.78 is 40.7. The van der Waals surface area contributed by atoms with Gasteiger partial charge in [0.05, 0.1) is 29.7 Å². The Kier molecular flexibility index (Phi) is 8.77. The van der Waals surface area contributed by atoms with E-state index in [2.05, 4.69) is 11.0 Å². The fourth-order valence-electron chi connectivity index (χ4n) is 3.47. The fraction of sp³-hybridized carbons (Fsp3) is 0.346. The number of aliphatic hydroxyl groups is 1. The average Bonchev–Trinajstić information content (AvgIpc) is 3.11. The predicted molar refractivity (Wildman–Crippen MR) is 126 cm³/mol. The zero-order valence-electron chi connectivity index (χ0n) is 19.5. The van der Waals surface area contributed by atoms with Crippen molar-refractivity contribution in [2.45, 2.75) is 39.5 Å². The lowest BCUT2D eigenvalue weighted by molar-refractivity contribution is 0.0190. The lowest BCUT2D eigenvalue weighted by atomic mass is 10.2. The lowest BCUT2D eigenvalue weighted by Gasteiger charge is -2.28. The molecule has 34 heavy (non-hydrogen) atoms. The second-order valence-electron chi connectivity index (χ2n) is 8.19. The van der Waals surface area contributed by atoms with Gasteiger partial charge in [0.25, 0.3) is 0 Å². The minimum absolute atomic E-state index is 0.0668. The molecule has 0 radical (unpaired) electrons. The van der Waals surface area contributed by atoms with Crippen molar-refractivity contribution in [2.24, 2.45) is 0 Å². The monoisotopic (exact) mass is 469 g/mol. The fourth-order valence-corrected chi connectivity index (χ4v) is 3.47. The molecule has 2 aromatic carbocycles. The maximum atomic E-state index is 14.5. The summed E-state index contributed by atoms with van der Waals surface area (Å²) in [5, 5.41) is 15.1. The van der Waals surface area contributed by atoms with Crippen molar-refractivity contribution in [2.75, 3.05) is 19.8 Å². The predicted octanol–water partition coefficient (Wildman–Crippen LogP) is 4.47. The number of rotatable bonds is 11. The highest BCUT2D eigenvalue weighted by molar-refractivity contribution is 5.43. The molecule has 1 N–H and O–H groups in total. The summed E-state index contributed by atoms with van der Waals surface area (Å²) in [5.74, 6) is 1.08. The van der Waals surface area contributed by atoms with Crippen molar-refractivity contribution in [1.29, 1.82) is 0 Å². The minimum atomic E-state index is -0.814. The van der Waals surface area contributed by atoms with Crippen LogP contribution in [0.25, 0.3) is 5.69 Å². The normalized spacial score (nSPS) is 12.2. The standard InChI is InChI=1S/C26H29F2N3O3/c1-5-13-33-17-22(32)15-30(18(2)3)16-23-19(4)29-31(21-9-7-6-8-10-21)26(23)34-25-12-11-20(27)14-24(25)28/h1,6-12,14,18,22,32H,13,15-17H2,2-4H3/t22-/m0/s1. The van der Waals surface area contributed by atoms with Gasteiger partial charge >= 0.3 is 0 Å². The molecule has 0 spiro atoms. The van der Waals surface area contributed by atoms with Crippen LogP contribution in [0, 0.1) is 30.9 Å². The Balaban J connectivity index is 1.96. The van der Waals surface area contributed by atoms with Crippen LogP contribution in [0.15, 0.2) is 48.5 Å². The highest BCUT2D eigenvalue weighted by atomic mass is 19.1. The molecule has 3 rings (SSSR count). The molecule has 6 nitrogen and oxygen atoms in total. The maximum absolute atomic E-state index is 14.5. The van der Waals surface area contributed by atoms with Gasteiger partial charge in [-0.1, -0.05) is 24.1 Å². The molecular formula is C26H29F2N3O3. The molecule has 0 aliphatic carbocycles. The zero-order chi connectivity index (χ0) is 24.7. The van der Waals surface area contributed by atoms with Gasteiger partial charge in [-0.25, -0.2) is 13.5 Å². The van der Waals surface area contributed by atoms with Gasteiger partial charge < -0.3 is 14.6 Å². The summed E-state index contributed by atoms with van der Waals surface area (Å²) in [6, 6.07) is 12.6. The summed E-state index contributed by atoms with van der Waals surface area (Å²) in [6.45, 7) is 6.79. The van der Waals surface area contributed by atoms with Crippen molar-refractivity contribution < 1.29 is 23.4 Å². The molecule has 0 unspecified atom stereocenters. The second kappa shape index (κ2) is 11.7. The highest BCUT2D eigenvalue weighted by Crippen LogP contribution is 2.33. The van der Waals surface area contributed by atoms with E-state index in [0.717, 1.165) is 23.4 Å². The van der Waals surface area contributed by atoms with Crippen molar-refractivity contribution in [1.82, 2.24) is 14.7 Å². The Morgan fingerprint density at radius 1 is 1.18 bits per heavy atom. The highest BCUT2D eigenvalue weighted by Gasteiger charge is 2.24. The van der Waals surface area contributed by atoms with E-state index in [9.17, 15) is 13.9 Å². The van der Waals surface area contributed by atoms with Crippen molar-refractivity contribution in [3.05, 3.63) is 71.4 Å². The molecule has 1 atom stereocenters. The van der Waals surface area contributed by atoms with Gasteiger partial charge in [0, 0.05) is 25.2 Å². The molecule has 1 aromatic heterocycles. The maximum Gasteiger partial charge on any atom is 0.227 e. The van der Waals surface area contributed by atoms with Gasteiger partial charge in [-0.05, 0) is 45.0 Å². The second-order valence-corrected chi connectivity index (χ2v) is 8.19. The van der Waals surface area contributed by atoms with E-state index in [4.69, 9.17) is 15.9 Å². The summed E-state index contributed by atoms with van der Waals surface area (Å²) in [6.07, 6.45) is 4.44. The number of para-hydroxylation sites is 1. The van der Waals surface area contributed by atoms with Gasteiger partial charge in [0.2, 0.25) is 5.88 Å². The number of aromatic nitrogens is 2. The van der Waals surface area contributed by atoms with Crippen LogP contribution in [0.2, 0.25) is 0 Å². The summed E-state index contributed by atoms with van der Waals surface area (Å²) in [4.78, 5) is 2.04. The Bertz CT molecular complexity index is 1130. The van der Waals surface area contributed by atoms with Crippen LogP contribution in [0.5, 0.6) is 11.6 Å². The summed E-state index contributed by atoms with van der Waals surface area (Å²) in [5.41, 5.74) is 2.14. The van der Waals surface area contributed by atoms with Crippen molar-refractivity contribution in [3.8, 4) is 29.7 Å². The van der Waals surface area contributed by atoms with E-state index in [1.165, 1.54) is 6.07 Å². The van der Waals surface area contributed by atoms with Crippen LogP contribution in [-0.2, 0) is 11.3 Å². The SMILES string of the molecule is C#CCOC[C@@H](O)CN(Cc1c(C)nn(-c2ccccc2)c1Oc1ccc(F)cc1F)C(C)C. The molecule has 0 saturated heterocycles. The molecule has 1 heterocycles. The van der Waals surface area contributed by atoms with Crippen molar-refractivity contribution in [3.63, 3.8) is 0 Å². The van der Waals surface area contributed by atoms with E-state index in [0.29, 0.717) is 24.7 Å². The molecule has 3 aromatic rings. The first kappa shape index (κ1) is 25.4. The molecule has 8 heteroatoms. The molecule has 180 valence electrons. The number of aliphatic hydroxyl groups excluding tert-OH is 1. The molecule has 0 amide bonds. The zero-order valence-corrected chi connectivity index (χ0v) is 19.5. The Hall–Kier alpha value is -3.25. The summed E-state index contributed by atoms with van der Waals surface area (Å²) in [7, 11) is 0. The number of terminal acetylenes is 1. The van der Waals surface area contributed by atoms with E-state index >= 15 is 0 Å². The first-order valence-corrected chi connectivity index (χ1v) is 11.0. The lowest BCUT2D eigenvalue weighted by Crippen LogP contribution is -2.39. The number of benzene rings is 2. The smallest absolute Gasteiger partial charge is 0.227 e. The Labute approximate surface area is 198 Å². The van der Waals surface area contributed by atoms with E-state index in [1.807, 2.05) is 56.0 Å². The van der Waals surface area contributed by atoms with E-state index < -0.39 is 17.7 Å². The van der Waals surface area contributed by atoms with Crippen LogP contribution in [0.3, 0.4) is 0 Å². The molecule has 0 fully saturated rings. The molecule has 0 saturated carbocycles.